The van der Waals surface area contributed by atoms with E-state index < -0.39 is 5.97 Å². The maximum atomic E-state index is 10.5. The molecule has 0 aliphatic carbocycles. The number of nitrogens with two attached hydrogens (primary N) is 1. The Balaban J connectivity index is 2.76. The molecule has 15 heavy (non-hydrogen) atoms. The van der Waals surface area contributed by atoms with E-state index in [2.05, 4.69) is 0 Å². The molecule has 0 radical (unpaired) electrons. The first-order valence-corrected chi connectivity index (χ1v) is 4.90. The molecule has 0 aliphatic rings. The van der Waals surface area contributed by atoms with Crippen LogP contribution in [0.25, 0.3) is 6.08 Å². The second kappa shape index (κ2) is 5.98. The van der Waals surface area contributed by atoms with Gasteiger partial charge in [0.05, 0.1) is 0 Å². The molecular formula is C12H15NO2. The Hall–Kier alpha value is -1.61. The molecule has 0 fully saturated rings. The van der Waals surface area contributed by atoms with E-state index in [1.165, 1.54) is 0 Å². The molecule has 1 aromatic carbocycles. The summed E-state index contributed by atoms with van der Waals surface area (Å²) in [6.45, 7) is 0.493. The van der Waals surface area contributed by atoms with Gasteiger partial charge in [-0.05, 0) is 17.5 Å². The van der Waals surface area contributed by atoms with Gasteiger partial charge < -0.3 is 10.8 Å². The number of carboxylic acids is 1. The van der Waals surface area contributed by atoms with Crippen LogP contribution in [0.5, 0.6) is 0 Å². The molecule has 80 valence electrons. The fourth-order valence-corrected chi connectivity index (χ4v) is 1.36. The summed E-state index contributed by atoms with van der Waals surface area (Å²) in [5.41, 5.74) is 7.46. The minimum Gasteiger partial charge on any atom is -0.481 e. The molecule has 0 saturated heterocycles. The first kappa shape index (κ1) is 11.5. The van der Waals surface area contributed by atoms with Crippen molar-refractivity contribution in [2.75, 3.05) is 6.54 Å². The number of carbonyl (C=O) groups is 1. The van der Waals surface area contributed by atoms with Gasteiger partial charge in [0.2, 0.25) is 0 Å². The third-order valence-electron chi connectivity index (χ3n) is 2.10. The van der Waals surface area contributed by atoms with Crippen molar-refractivity contribution in [3.8, 4) is 0 Å². The molecule has 0 atom stereocenters. The van der Waals surface area contributed by atoms with E-state index in [0.29, 0.717) is 13.0 Å². The molecular weight excluding hydrogens is 190 g/mol. The zero-order valence-electron chi connectivity index (χ0n) is 8.52. The van der Waals surface area contributed by atoms with Crippen molar-refractivity contribution in [2.45, 2.75) is 12.8 Å². The quantitative estimate of drug-likeness (QED) is 0.768. The van der Waals surface area contributed by atoms with Crippen molar-refractivity contribution in [1.82, 2.24) is 0 Å². The van der Waals surface area contributed by atoms with Crippen LogP contribution in [0.15, 0.2) is 30.3 Å². The van der Waals surface area contributed by atoms with E-state index in [4.69, 9.17) is 10.8 Å². The van der Waals surface area contributed by atoms with Crippen LogP contribution in [0.2, 0.25) is 0 Å². The van der Waals surface area contributed by atoms with Crippen LogP contribution in [0.4, 0.5) is 0 Å². The Morgan fingerprint density at radius 1 is 1.40 bits per heavy atom. The molecule has 0 heterocycles. The summed E-state index contributed by atoms with van der Waals surface area (Å²) in [6, 6.07) is 7.75. The molecule has 0 aromatic heterocycles. The summed E-state index contributed by atoms with van der Waals surface area (Å²) in [7, 11) is 0. The van der Waals surface area contributed by atoms with Gasteiger partial charge in [-0.25, -0.2) is 0 Å². The number of aliphatic carboxylic acids is 1. The summed E-state index contributed by atoms with van der Waals surface area (Å²) in [6.07, 6.45) is 4.50. The molecule has 0 saturated carbocycles. The molecule has 3 nitrogen and oxygen atoms in total. The van der Waals surface area contributed by atoms with Gasteiger partial charge in [-0.3, -0.25) is 4.79 Å². The minimum atomic E-state index is -0.771. The van der Waals surface area contributed by atoms with Crippen molar-refractivity contribution in [3.63, 3.8) is 0 Å². The lowest BCUT2D eigenvalue weighted by Crippen LogP contribution is -1.99. The number of carboxylic acid groups (broad SMARTS) is 1. The molecule has 1 rings (SSSR count). The molecule has 0 amide bonds. The Kier molecular flexibility index (Phi) is 4.57. The summed E-state index contributed by atoms with van der Waals surface area (Å²) in [5.74, 6) is -0.771. The lowest BCUT2D eigenvalue weighted by molar-refractivity contribution is -0.136. The average molecular weight is 205 g/mol. The van der Waals surface area contributed by atoms with E-state index in [0.717, 1.165) is 11.1 Å². The number of rotatable bonds is 5. The minimum absolute atomic E-state index is 0.160. The summed E-state index contributed by atoms with van der Waals surface area (Å²) in [5, 5.41) is 8.60. The SMILES string of the molecule is NCC=Cc1ccccc1CCC(=O)O. The predicted molar refractivity (Wildman–Crippen MR) is 60.5 cm³/mol. The molecule has 0 unspecified atom stereocenters. The van der Waals surface area contributed by atoms with Crippen molar-refractivity contribution in [1.29, 1.82) is 0 Å². The van der Waals surface area contributed by atoms with Crippen molar-refractivity contribution in [2.24, 2.45) is 5.73 Å². The predicted octanol–water partition coefficient (Wildman–Crippen LogP) is 1.68. The number of aryl methyl sites for hydroxylation is 1. The van der Waals surface area contributed by atoms with Gasteiger partial charge in [0.15, 0.2) is 0 Å². The standard InChI is InChI=1S/C12H15NO2/c13-9-3-6-10-4-1-2-5-11(10)7-8-12(14)15/h1-6H,7-9,13H2,(H,14,15). The summed E-state index contributed by atoms with van der Waals surface area (Å²) < 4.78 is 0. The fraction of sp³-hybridized carbons (Fsp3) is 0.250. The van der Waals surface area contributed by atoms with E-state index in [-0.39, 0.29) is 6.42 Å². The highest BCUT2D eigenvalue weighted by Crippen LogP contribution is 2.12. The first-order valence-electron chi connectivity index (χ1n) is 4.90. The Morgan fingerprint density at radius 3 is 2.80 bits per heavy atom. The molecule has 0 spiro atoms. The van der Waals surface area contributed by atoms with E-state index in [1.807, 2.05) is 36.4 Å². The Bertz CT molecular complexity index is 358. The van der Waals surface area contributed by atoms with Crippen LogP contribution in [0, 0.1) is 0 Å². The summed E-state index contributed by atoms with van der Waals surface area (Å²) in [4.78, 5) is 10.5. The van der Waals surface area contributed by atoms with Gasteiger partial charge in [0.25, 0.3) is 0 Å². The van der Waals surface area contributed by atoms with Gasteiger partial charge in [0.1, 0.15) is 0 Å². The molecule has 1 aromatic rings. The second-order valence-electron chi connectivity index (χ2n) is 3.23. The highest BCUT2D eigenvalue weighted by atomic mass is 16.4. The number of hydrogen-bond acceptors (Lipinski definition) is 2. The third kappa shape index (κ3) is 3.95. The van der Waals surface area contributed by atoms with Crippen LogP contribution in [0.1, 0.15) is 17.5 Å². The van der Waals surface area contributed by atoms with Crippen LogP contribution < -0.4 is 5.73 Å². The lowest BCUT2D eigenvalue weighted by Gasteiger charge is -2.03. The van der Waals surface area contributed by atoms with E-state index in [9.17, 15) is 4.79 Å². The smallest absolute Gasteiger partial charge is 0.303 e. The first-order chi connectivity index (χ1) is 7.24. The van der Waals surface area contributed by atoms with E-state index >= 15 is 0 Å². The Morgan fingerprint density at radius 2 is 2.13 bits per heavy atom. The highest BCUT2D eigenvalue weighted by molar-refractivity contribution is 5.67. The molecule has 3 N–H and O–H groups in total. The average Bonchev–Trinajstić information content (AvgIpc) is 2.24. The zero-order chi connectivity index (χ0) is 11.1. The Labute approximate surface area is 89.2 Å². The summed E-state index contributed by atoms with van der Waals surface area (Å²) >= 11 is 0. The van der Waals surface area contributed by atoms with Gasteiger partial charge in [0, 0.05) is 13.0 Å². The number of hydrogen-bond donors (Lipinski definition) is 2. The maximum Gasteiger partial charge on any atom is 0.303 e. The van der Waals surface area contributed by atoms with Gasteiger partial charge in [-0.15, -0.1) is 0 Å². The normalized spacial score (nSPS) is 10.7. The largest absolute Gasteiger partial charge is 0.481 e. The van der Waals surface area contributed by atoms with Gasteiger partial charge in [-0.2, -0.15) is 0 Å². The topological polar surface area (TPSA) is 63.3 Å². The maximum absolute atomic E-state index is 10.5. The van der Waals surface area contributed by atoms with Crippen molar-refractivity contribution >= 4 is 12.0 Å². The van der Waals surface area contributed by atoms with Crippen LogP contribution in [-0.4, -0.2) is 17.6 Å². The molecule has 0 aliphatic heterocycles. The van der Waals surface area contributed by atoms with Crippen molar-refractivity contribution < 1.29 is 9.90 Å². The van der Waals surface area contributed by atoms with Crippen LogP contribution in [-0.2, 0) is 11.2 Å². The molecule has 3 heteroatoms. The van der Waals surface area contributed by atoms with Gasteiger partial charge in [-0.1, -0.05) is 36.4 Å². The third-order valence-corrected chi connectivity index (χ3v) is 2.10. The van der Waals surface area contributed by atoms with Crippen LogP contribution in [0.3, 0.4) is 0 Å². The van der Waals surface area contributed by atoms with Gasteiger partial charge >= 0.3 is 5.97 Å². The molecule has 0 bridgehead atoms. The lowest BCUT2D eigenvalue weighted by atomic mass is 10.0. The second-order valence-corrected chi connectivity index (χ2v) is 3.23. The van der Waals surface area contributed by atoms with Crippen LogP contribution >= 0.6 is 0 Å². The number of benzene rings is 1. The monoisotopic (exact) mass is 205 g/mol. The highest BCUT2D eigenvalue weighted by Gasteiger charge is 2.01. The zero-order valence-corrected chi connectivity index (χ0v) is 8.52. The van der Waals surface area contributed by atoms with E-state index in [1.54, 1.807) is 0 Å². The van der Waals surface area contributed by atoms with Crippen molar-refractivity contribution in [3.05, 3.63) is 41.5 Å². The fourth-order valence-electron chi connectivity index (χ4n) is 1.36.